The zero-order valence-electron chi connectivity index (χ0n) is 14.9. The minimum absolute atomic E-state index is 0.00556. The highest BCUT2D eigenvalue weighted by atomic mass is 32.2. The number of benzene rings is 1. The second kappa shape index (κ2) is 8.94. The molecule has 1 saturated heterocycles. The molecular formula is C18H27N3O4S. The summed E-state index contributed by atoms with van der Waals surface area (Å²) in [6.07, 6.45) is 3.86. The summed E-state index contributed by atoms with van der Waals surface area (Å²) in [5, 5.41) is 2.86. The Bertz CT molecular complexity index is 711. The Labute approximate surface area is 155 Å². The molecule has 0 unspecified atom stereocenters. The van der Waals surface area contributed by atoms with Gasteiger partial charge in [-0.3, -0.25) is 9.69 Å². The van der Waals surface area contributed by atoms with Crippen molar-refractivity contribution in [3.05, 3.63) is 29.8 Å². The van der Waals surface area contributed by atoms with E-state index in [0.29, 0.717) is 12.1 Å². The third kappa shape index (κ3) is 5.26. The highest BCUT2D eigenvalue weighted by molar-refractivity contribution is 7.89. The number of nitrogens with zero attached hydrogens (tertiary/aromatic N) is 1. The van der Waals surface area contributed by atoms with Crippen LogP contribution in [0.15, 0.2) is 29.2 Å². The normalized spacial score (nSPS) is 19.5. The summed E-state index contributed by atoms with van der Waals surface area (Å²) < 4.78 is 33.1. The van der Waals surface area contributed by atoms with Crippen LogP contribution in [-0.4, -0.2) is 64.7 Å². The lowest BCUT2D eigenvalue weighted by molar-refractivity contribution is 0.0383. The lowest BCUT2D eigenvalue weighted by Gasteiger charge is -2.26. The molecule has 2 aliphatic rings. The van der Waals surface area contributed by atoms with Gasteiger partial charge in [-0.2, -0.15) is 0 Å². The molecule has 1 aliphatic carbocycles. The standard InChI is InChI=1S/C18H27N3O4S/c22-18(19-8-9-21-10-12-25-13-11-21)15-4-3-7-17(14-15)26(23,24)20-16-5-1-2-6-16/h3-4,7,14,16,20H,1-2,5-6,8-13H2,(H,19,22). The first-order chi connectivity index (χ1) is 12.5. The van der Waals surface area contributed by atoms with Crippen molar-refractivity contribution in [2.75, 3.05) is 39.4 Å². The Morgan fingerprint density at radius 3 is 2.65 bits per heavy atom. The van der Waals surface area contributed by atoms with Crippen LogP contribution in [-0.2, 0) is 14.8 Å². The molecule has 144 valence electrons. The SMILES string of the molecule is O=C(NCCN1CCOCC1)c1cccc(S(=O)(=O)NC2CCCC2)c1. The fourth-order valence-electron chi connectivity index (χ4n) is 3.39. The molecular weight excluding hydrogens is 354 g/mol. The Morgan fingerprint density at radius 2 is 1.92 bits per heavy atom. The van der Waals surface area contributed by atoms with Crippen LogP contribution in [0.25, 0.3) is 0 Å². The summed E-state index contributed by atoms with van der Waals surface area (Å²) in [5.41, 5.74) is 0.362. The van der Waals surface area contributed by atoms with Crippen molar-refractivity contribution in [1.82, 2.24) is 14.9 Å². The zero-order chi connectivity index (χ0) is 18.4. The molecule has 1 aromatic rings. The van der Waals surface area contributed by atoms with Crippen LogP contribution in [0.5, 0.6) is 0 Å². The van der Waals surface area contributed by atoms with Crippen molar-refractivity contribution in [1.29, 1.82) is 0 Å². The van der Waals surface area contributed by atoms with Crippen molar-refractivity contribution < 1.29 is 17.9 Å². The van der Waals surface area contributed by atoms with E-state index < -0.39 is 10.0 Å². The summed E-state index contributed by atoms with van der Waals surface area (Å²) in [5.74, 6) is -0.254. The smallest absolute Gasteiger partial charge is 0.251 e. The molecule has 0 aromatic heterocycles. The topological polar surface area (TPSA) is 87.7 Å². The third-order valence-corrected chi connectivity index (χ3v) is 6.42. The predicted octanol–water partition coefficient (Wildman–Crippen LogP) is 0.970. The van der Waals surface area contributed by atoms with Crippen molar-refractivity contribution in [3.8, 4) is 0 Å². The van der Waals surface area contributed by atoms with Gasteiger partial charge < -0.3 is 10.1 Å². The van der Waals surface area contributed by atoms with Gasteiger partial charge in [-0.05, 0) is 31.0 Å². The van der Waals surface area contributed by atoms with Gasteiger partial charge in [0.25, 0.3) is 5.91 Å². The fraction of sp³-hybridized carbons (Fsp3) is 0.611. The van der Waals surface area contributed by atoms with E-state index in [1.54, 1.807) is 12.1 Å². The Hall–Kier alpha value is -1.48. The second-order valence-electron chi connectivity index (χ2n) is 6.84. The fourth-order valence-corrected chi connectivity index (χ4v) is 4.74. The molecule has 2 N–H and O–H groups in total. The molecule has 1 saturated carbocycles. The van der Waals surface area contributed by atoms with Gasteiger partial charge in [-0.15, -0.1) is 0 Å². The van der Waals surface area contributed by atoms with Crippen LogP contribution in [0.3, 0.4) is 0 Å². The monoisotopic (exact) mass is 381 g/mol. The number of sulfonamides is 1. The minimum Gasteiger partial charge on any atom is -0.379 e. The lowest BCUT2D eigenvalue weighted by atomic mass is 10.2. The molecule has 1 aromatic carbocycles. The maximum Gasteiger partial charge on any atom is 0.251 e. The molecule has 7 nitrogen and oxygen atoms in total. The van der Waals surface area contributed by atoms with Crippen LogP contribution >= 0.6 is 0 Å². The van der Waals surface area contributed by atoms with Gasteiger partial charge in [0.15, 0.2) is 0 Å². The minimum atomic E-state index is -3.59. The Kier molecular flexibility index (Phi) is 6.63. The van der Waals surface area contributed by atoms with Gasteiger partial charge in [0.2, 0.25) is 10.0 Å². The van der Waals surface area contributed by atoms with E-state index in [9.17, 15) is 13.2 Å². The number of nitrogens with one attached hydrogen (secondary N) is 2. The highest BCUT2D eigenvalue weighted by Gasteiger charge is 2.23. The van der Waals surface area contributed by atoms with E-state index >= 15 is 0 Å². The molecule has 0 radical (unpaired) electrons. The molecule has 8 heteroatoms. The van der Waals surface area contributed by atoms with Gasteiger partial charge in [-0.1, -0.05) is 18.9 Å². The molecule has 26 heavy (non-hydrogen) atoms. The predicted molar refractivity (Wildman–Crippen MR) is 98.6 cm³/mol. The van der Waals surface area contributed by atoms with E-state index in [0.717, 1.165) is 58.5 Å². The number of carbonyl (C=O) groups is 1. The number of hydrogen-bond donors (Lipinski definition) is 2. The highest BCUT2D eigenvalue weighted by Crippen LogP contribution is 2.20. The maximum absolute atomic E-state index is 12.5. The van der Waals surface area contributed by atoms with Crippen molar-refractivity contribution in [2.45, 2.75) is 36.6 Å². The first-order valence-electron chi connectivity index (χ1n) is 9.25. The quantitative estimate of drug-likeness (QED) is 0.735. The largest absolute Gasteiger partial charge is 0.379 e. The average molecular weight is 381 g/mol. The average Bonchev–Trinajstić information content (AvgIpc) is 3.15. The van der Waals surface area contributed by atoms with Crippen LogP contribution in [0, 0.1) is 0 Å². The third-order valence-electron chi connectivity index (χ3n) is 4.90. The van der Waals surface area contributed by atoms with Gasteiger partial charge in [0.1, 0.15) is 0 Å². The summed E-state index contributed by atoms with van der Waals surface area (Å²) in [4.78, 5) is 14.7. The van der Waals surface area contributed by atoms with E-state index in [1.165, 1.54) is 12.1 Å². The van der Waals surface area contributed by atoms with Crippen molar-refractivity contribution >= 4 is 15.9 Å². The number of amides is 1. The van der Waals surface area contributed by atoms with E-state index in [4.69, 9.17) is 4.74 Å². The molecule has 2 fully saturated rings. The summed E-state index contributed by atoms with van der Waals surface area (Å²) in [6.45, 7) is 4.48. The summed E-state index contributed by atoms with van der Waals surface area (Å²) in [7, 11) is -3.59. The van der Waals surface area contributed by atoms with Crippen LogP contribution in [0.2, 0.25) is 0 Å². The zero-order valence-corrected chi connectivity index (χ0v) is 15.8. The first kappa shape index (κ1) is 19.3. The number of morpholine rings is 1. The molecule has 0 spiro atoms. The van der Waals surface area contributed by atoms with Crippen LogP contribution in [0.1, 0.15) is 36.0 Å². The molecule has 0 atom stereocenters. The number of ether oxygens (including phenoxy) is 1. The Balaban J connectivity index is 1.56. The van der Waals surface area contributed by atoms with Crippen LogP contribution < -0.4 is 10.0 Å². The summed E-state index contributed by atoms with van der Waals surface area (Å²) >= 11 is 0. The van der Waals surface area contributed by atoms with Gasteiger partial charge in [-0.25, -0.2) is 13.1 Å². The number of hydrogen-bond acceptors (Lipinski definition) is 5. The van der Waals surface area contributed by atoms with Gasteiger partial charge >= 0.3 is 0 Å². The maximum atomic E-state index is 12.5. The molecule has 1 aliphatic heterocycles. The lowest BCUT2D eigenvalue weighted by Crippen LogP contribution is -2.41. The summed E-state index contributed by atoms with van der Waals surface area (Å²) in [6, 6.07) is 6.23. The van der Waals surface area contributed by atoms with Crippen molar-refractivity contribution in [2.24, 2.45) is 0 Å². The molecule has 0 bridgehead atoms. The van der Waals surface area contributed by atoms with E-state index in [2.05, 4.69) is 14.9 Å². The van der Waals surface area contributed by atoms with Gasteiger partial charge in [0, 0.05) is 37.8 Å². The number of rotatable bonds is 7. The van der Waals surface area contributed by atoms with Crippen molar-refractivity contribution in [3.63, 3.8) is 0 Å². The second-order valence-corrected chi connectivity index (χ2v) is 8.55. The first-order valence-corrected chi connectivity index (χ1v) is 10.7. The molecule has 3 rings (SSSR count). The molecule has 1 amide bonds. The van der Waals surface area contributed by atoms with E-state index in [1.807, 2.05) is 0 Å². The number of carbonyl (C=O) groups excluding carboxylic acids is 1. The molecule has 1 heterocycles. The Morgan fingerprint density at radius 1 is 1.19 bits per heavy atom. The van der Waals surface area contributed by atoms with Gasteiger partial charge in [0.05, 0.1) is 18.1 Å². The van der Waals surface area contributed by atoms with Crippen LogP contribution in [0.4, 0.5) is 0 Å². The van der Waals surface area contributed by atoms with E-state index in [-0.39, 0.29) is 16.8 Å².